The van der Waals surface area contributed by atoms with E-state index >= 15 is 0 Å². The second kappa shape index (κ2) is 9.08. The van der Waals surface area contributed by atoms with Crippen LogP contribution >= 0.6 is 11.6 Å². The Morgan fingerprint density at radius 2 is 1.94 bits per heavy atom. The fourth-order valence-electron chi connectivity index (χ4n) is 4.27. The Bertz CT molecular complexity index is 1190. The van der Waals surface area contributed by atoms with Crippen molar-refractivity contribution in [1.29, 1.82) is 0 Å². The SMILES string of the molecule is O=C(NCc1ccc(F)c(Cl)c1)c1nn(CC2(c3ccncc3)CCCC2)cc(O)c1=O. The number of aromatic hydroxyl groups is 1. The number of amides is 1. The Balaban J connectivity index is 1.58. The van der Waals surface area contributed by atoms with E-state index in [1.165, 1.54) is 29.1 Å². The van der Waals surface area contributed by atoms with Gasteiger partial charge in [-0.05, 0) is 48.2 Å². The van der Waals surface area contributed by atoms with Gasteiger partial charge in [0.2, 0.25) is 0 Å². The van der Waals surface area contributed by atoms with Crippen LogP contribution in [0.2, 0.25) is 5.02 Å². The summed E-state index contributed by atoms with van der Waals surface area (Å²) in [5.74, 6) is -1.84. The van der Waals surface area contributed by atoms with Gasteiger partial charge in [0.05, 0.1) is 17.8 Å². The average molecular weight is 457 g/mol. The third-order valence-corrected chi connectivity index (χ3v) is 6.21. The lowest BCUT2D eigenvalue weighted by Crippen LogP contribution is -2.34. The standard InChI is InChI=1S/C23H22ClFN4O3/c24-17-11-15(3-4-18(17)25)12-27-22(32)20-21(31)19(30)13-29(28-20)14-23(7-1-2-8-23)16-5-9-26-10-6-16/h3-6,9-11,13,30H,1-2,7-8,12,14H2,(H,27,32). The van der Waals surface area contributed by atoms with Gasteiger partial charge in [-0.1, -0.05) is 30.5 Å². The predicted molar refractivity (Wildman–Crippen MR) is 117 cm³/mol. The van der Waals surface area contributed by atoms with Gasteiger partial charge >= 0.3 is 0 Å². The normalized spacial score (nSPS) is 14.9. The molecule has 4 rings (SSSR count). The molecule has 7 nitrogen and oxygen atoms in total. The third kappa shape index (κ3) is 4.50. The summed E-state index contributed by atoms with van der Waals surface area (Å²) in [6.07, 6.45) is 8.72. The number of carbonyl (C=O) groups is 1. The highest BCUT2D eigenvalue weighted by Crippen LogP contribution is 2.42. The number of rotatable bonds is 6. The summed E-state index contributed by atoms with van der Waals surface area (Å²) < 4.78 is 14.8. The number of halogens is 2. The molecule has 32 heavy (non-hydrogen) atoms. The van der Waals surface area contributed by atoms with Gasteiger partial charge in [-0.2, -0.15) is 5.10 Å². The van der Waals surface area contributed by atoms with Crippen molar-refractivity contribution in [3.05, 3.63) is 86.8 Å². The summed E-state index contributed by atoms with van der Waals surface area (Å²) in [5.41, 5.74) is 0.217. The molecule has 1 fully saturated rings. The number of hydrogen-bond acceptors (Lipinski definition) is 5. The molecule has 2 aromatic heterocycles. The molecular weight excluding hydrogens is 435 g/mol. The second-order valence-corrected chi connectivity index (χ2v) is 8.45. The number of aromatic nitrogens is 3. The fraction of sp³-hybridized carbons (Fsp3) is 0.304. The molecule has 1 aliphatic rings. The monoisotopic (exact) mass is 456 g/mol. The Morgan fingerprint density at radius 1 is 1.22 bits per heavy atom. The maximum Gasteiger partial charge on any atom is 0.276 e. The lowest BCUT2D eigenvalue weighted by atomic mass is 9.79. The molecule has 0 radical (unpaired) electrons. The third-order valence-electron chi connectivity index (χ3n) is 5.92. The lowest BCUT2D eigenvalue weighted by Gasteiger charge is -2.30. The molecule has 0 aliphatic heterocycles. The smallest absolute Gasteiger partial charge is 0.276 e. The highest BCUT2D eigenvalue weighted by molar-refractivity contribution is 6.30. The summed E-state index contributed by atoms with van der Waals surface area (Å²) in [7, 11) is 0. The molecule has 9 heteroatoms. The Labute approximate surface area is 188 Å². The van der Waals surface area contributed by atoms with Gasteiger partial charge in [0, 0.05) is 24.4 Å². The van der Waals surface area contributed by atoms with E-state index in [1.807, 2.05) is 12.1 Å². The molecule has 0 atom stereocenters. The molecule has 1 saturated carbocycles. The largest absolute Gasteiger partial charge is 0.503 e. The zero-order chi connectivity index (χ0) is 22.7. The van der Waals surface area contributed by atoms with Crippen LogP contribution in [0.3, 0.4) is 0 Å². The molecular formula is C23H22ClFN4O3. The summed E-state index contributed by atoms with van der Waals surface area (Å²) in [5, 5.41) is 16.9. The lowest BCUT2D eigenvalue weighted by molar-refractivity contribution is 0.0940. The average Bonchev–Trinajstić information content (AvgIpc) is 3.27. The Morgan fingerprint density at radius 3 is 2.62 bits per heavy atom. The topological polar surface area (TPSA) is 97.1 Å². The number of pyridine rings is 1. The van der Waals surface area contributed by atoms with Crippen LogP contribution in [0.5, 0.6) is 5.75 Å². The number of hydrogen-bond donors (Lipinski definition) is 2. The molecule has 0 unspecified atom stereocenters. The maximum atomic E-state index is 13.3. The summed E-state index contributed by atoms with van der Waals surface area (Å²) in [4.78, 5) is 29.2. The van der Waals surface area contributed by atoms with Crippen LogP contribution in [0.1, 0.15) is 47.3 Å². The number of carbonyl (C=O) groups excluding carboxylic acids is 1. The maximum absolute atomic E-state index is 13.3. The molecule has 0 bridgehead atoms. The van der Waals surface area contributed by atoms with Crippen molar-refractivity contribution in [3.8, 4) is 5.75 Å². The number of nitrogens with zero attached hydrogens (tertiary/aromatic N) is 3. The predicted octanol–water partition coefficient (Wildman–Crippen LogP) is 3.58. The highest BCUT2D eigenvalue weighted by atomic mass is 35.5. The minimum atomic E-state index is -0.847. The van der Waals surface area contributed by atoms with Crippen LogP contribution in [0.15, 0.2) is 53.7 Å². The van der Waals surface area contributed by atoms with Gasteiger partial charge in [0.1, 0.15) is 5.82 Å². The first-order valence-electron chi connectivity index (χ1n) is 10.3. The van der Waals surface area contributed by atoms with E-state index in [0.717, 1.165) is 31.2 Å². The van der Waals surface area contributed by atoms with Crippen molar-refractivity contribution in [3.63, 3.8) is 0 Å². The highest BCUT2D eigenvalue weighted by Gasteiger charge is 2.36. The molecule has 1 aliphatic carbocycles. The quantitative estimate of drug-likeness (QED) is 0.591. The van der Waals surface area contributed by atoms with Crippen molar-refractivity contribution in [1.82, 2.24) is 20.1 Å². The minimum Gasteiger partial charge on any atom is -0.503 e. The Kier molecular flexibility index (Phi) is 6.23. The molecule has 1 aromatic carbocycles. The van der Waals surface area contributed by atoms with Gasteiger partial charge in [0.25, 0.3) is 11.3 Å². The number of benzene rings is 1. The van der Waals surface area contributed by atoms with E-state index < -0.39 is 28.6 Å². The van der Waals surface area contributed by atoms with E-state index in [-0.39, 0.29) is 17.0 Å². The van der Waals surface area contributed by atoms with E-state index in [1.54, 1.807) is 12.4 Å². The van der Waals surface area contributed by atoms with Gasteiger partial charge < -0.3 is 10.4 Å². The van der Waals surface area contributed by atoms with Gasteiger partial charge in [-0.3, -0.25) is 19.3 Å². The first-order valence-corrected chi connectivity index (χ1v) is 10.7. The van der Waals surface area contributed by atoms with Crippen LogP contribution in [0.25, 0.3) is 0 Å². The van der Waals surface area contributed by atoms with Crippen molar-refractivity contribution in [2.24, 2.45) is 0 Å². The second-order valence-electron chi connectivity index (χ2n) is 8.04. The zero-order valence-corrected chi connectivity index (χ0v) is 18.0. The van der Waals surface area contributed by atoms with Gasteiger partial charge in [0.15, 0.2) is 11.4 Å². The van der Waals surface area contributed by atoms with Crippen molar-refractivity contribution >= 4 is 17.5 Å². The van der Waals surface area contributed by atoms with Gasteiger partial charge in [-0.25, -0.2) is 4.39 Å². The van der Waals surface area contributed by atoms with E-state index in [2.05, 4.69) is 15.4 Å². The van der Waals surface area contributed by atoms with Gasteiger partial charge in [-0.15, -0.1) is 0 Å². The fourth-order valence-corrected chi connectivity index (χ4v) is 4.48. The van der Waals surface area contributed by atoms with Crippen LogP contribution in [-0.4, -0.2) is 25.8 Å². The molecule has 166 valence electrons. The molecule has 0 saturated heterocycles. The summed E-state index contributed by atoms with van der Waals surface area (Å²) in [6, 6.07) is 8.01. The number of nitrogens with one attached hydrogen (secondary N) is 1. The summed E-state index contributed by atoms with van der Waals surface area (Å²) >= 11 is 5.77. The Hall–Kier alpha value is -3.26. The van der Waals surface area contributed by atoms with Crippen LogP contribution in [-0.2, 0) is 18.5 Å². The van der Waals surface area contributed by atoms with Crippen molar-refractivity contribution in [2.75, 3.05) is 0 Å². The molecule has 1 amide bonds. The van der Waals surface area contributed by atoms with E-state index in [0.29, 0.717) is 12.1 Å². The molecule has 2 N–H and O–H groups in total. The zero-order valence-electron chi connectivity index (χ0n) is 17.2. The molecule has 3 aromatic rings. The van der Waals surface area contributed by atoms with Crippen LogP contribution in [0, 0.1) is 5.82 Å². The van der Waals surface area contributed by atoms with Crippen molar-refractivity contribution in [2.45, 2.75) is 44.2 Å². The van der Waals surface area contributed by atoms with Crippen LogP contribution < -0.4 is 10.7 Å². The van der Waals surface area contributed by atoms with E-state index in [4.69, 9.17) is 11.6 Å². The molecule has 0 spiro atoms. The first-order chi connectivity index (χ1) is 15.4. The van der Waals surface area contributed by atoms with E-state index in [9.17, 15) is 19.1 Å². The van der Waals surface area contributed by atoms with Crippen molar-refractivity contribution < 1.29 is 14.3 Å². The minimum absolute atomic E-state index is 0.0244. The molecule has 2 heterocycles. The summed E-state index contributed by atoms with van der Waals surface area (Å²) in [6.45, 7) is 0.440. The first kappa shape index (κ1) is 22.0. The van der Waals surface area contributed by atoms with Crippen LogP contribution in [0.4, 0.5) is 4.39 Å².